The number of nitrogens with two attached hydrogens (primary N) is 1. The van der Waals surface area contributed by atoms with Crippen molar-refractivity contribution in [3.8, 4) is 0 Å². The number of aromatic nitrogens is 1. The monoisotopic (exact) mass is 338 g/mol. The molecule has 1 aromatic carbocycles. The van der Waals surface area contributed by atoms with E-state index in [1.807, 2.05) is 44.2 Å². The zero-order valence-electron chi connectivity index (χ0n) is 11.0. The van der Waals surface area contributed by atoms with Crippen LogP contribution in [0.1, 0.15) is 28.6 Å². The van der Waals surface area contributed by atoms with Crippen molar-refractivity contribution in [1.29, 1.82) is 0 Å². The summed E-state index contributed by atoms with van der Waals surface area (Å²) in [6.45, 7) is 3.96. The standard InChI is InChI=1S/C15H16BrClN2/c1-9-5-12(6-10(2)19-9)15(18)7-11-3-4-13(16)8-14(11)17/h3-6,8,15H,7,18H2,1-2H3. The number of hydrogen-bond donors (Lipinski definition) is 1. The van der Waals surface area contributed by atoms with Gasteiger partial charge < -0.3 is 5.73 Å². The summed E-state index contributed by atoms with van der Waals surface area (Å²) in [5.74, 6) is 0. The fourth-order valence-electron chi connectivity index (χ4n) is 2.12. The first kappa shape index (κ1) is 14.5. The Morgan fingerprint density at radius 2 is 1.84 bits per heavy atom. The molecule has 2 N–H and O–H groups in total. The number of nitrogens with zero attached hydrogens (tertiary/aromatic N) is 1. The van der Waals surface area contributed by atoms with E-state index in [4.69, 9.17) is 17.3 Å². The third kappa shape index (κ3) is 3.78. The maximum Gasteiger partial charge on any atom is 0.0449 e. The quantitative estimate of drug-likeness (QED) is 0.902. The molecule has 0 spiro atoms. The minimum atomic E-state index is -0.0703. The number of rotatable bonds is 3. The Kier molecular flexibility index (Phi) is 4.61. The third-order valence-corrected chi connectivity index (χ3v) is 3.83. The zero-order chi connectivity index (χ0) is 14.0. The normalized spacial score (nSPS) is 12.5. The van der Waals surface area contributed by atoms with Crippen LogP contribution in [0.15, 0.2) is 34.8 Å². The molecule has 2 rings (SSSR count). The summed E-state index contributed by atoms with van der Waals surface area (Å²) >= 11 is 9.63. The summed E-state index contributed by atoms with van der Waals surface area (Å²) in [6, 6.07) is 9.88. The molecule has 0 aliphatic rings. The topological polar surface area (TPSA) is 38.9 Å². The highest BCUT2D eigenvalue weighted by atomic mass is 79.9. The van der Waals surface area contributed by atoms with Gasteiger partial charge in [-0.2, -0.15) is 0 Å². The van der Waals surface area contributed by atoms with E-state index in [1.165, 1.54) is 0 Å². The van der Waals surface area contributed by atoms with Gasteiger partial charge in [0.1, 0.15) is 0 Å². The lowest BCUT2D eigenvalue weighted by molar-refractivity contribution is 0.717. The summed E-state index contributed by atoms with van der Waals surface area (Å²) < 4.78 is 0.977. The molecule has 0 saturated carbocycles. The van der Waals surface area contributed by atoms with Crippen molar-refractivity contribution >= 4 is 27.5 Å². The van der Waals surface area contributed by atoms with Crippen molar-refractivity contribution in [1.82, 2.24) is 4.98 Å². The number of aryl methyl sites for hydroxylation is 2. The second-order valence-corrected chi connectivity index (χ2v) is 6.05. The van der Waals surface area contributed by atoms with E-state index in [2.05, 4.69) is 20.9 Å². The number of halogens is 2. The van der Waals surface area contributed by atoms with Crippen LogP contribution < -0.4 is 5.73 Å². The Bertz CT molecular complexity index is 578. The van der Waals surface area contributed by atoms with Crippen LogP contribution in [0.3, 0.4) is 0 Å². The first-order chi connectivity index (χ1) is 8.95. The van der Waals surface area contributed by atoms with Gasteiger partial charge in [-0.25, -0.2) is 0 Å². The number of hydrogen-bond acceptors (Lipinski definition) is 2. The van der Waals surface area contributed by atoms with Gasteiger partial charge in [-0.3, -0.25) is 4.98 Å². The van der Waals surface area contributed by atoms with Gasteiger partial charge in [0.2, 0.25) is 0 Å². The summed E-state index contributed by atoms with van der Waals surface area (Å²) in [5, 5.41) is 0.743. The summed E-state index contributed by atoms with van der Waals surface area (Å²) in [7, 11) is 0. The summed E-state index contributed by atoms with van der Waals surface area (Å²) in [4.78, 5) is 4.37. The van der Waals surface area contributed by atoms with Crippen molar-refractivity contribution in [3.05, 3.63) is 62.3 Å². The van der Waals surface area contributed by atoms with E-state index < -0.39 is 0 Å². The van der Waals surface area contributed by atoms with E-state index in [0.29, 0.717) is 0 Å². The molecule has 1 aromatic heterocycles. The van der Waals surface area contributed by atoms with Gasteiger partial charge in [0, 0.05) is 26.9 Å². The molecule has 0 aliphatic heterocycles. The highest BCUT2D eigenvalue weighted by Gasteiger charge is 2.11. The Labute approximate surface area is 127 Å². The molecule has 100 valence electrons. The van der Waals surface area contributed by atoms with Gasteiger partial charge in [0.15, 0.2) is 0 Å². The van der Waals surface area contributed by atoms with Crippen molar-refractivity contribution in [2.75, 3.05) is 0 Å². The molecule has 1 atom stereocenters. The molecular weight excluding hydrogens is 324 g/mol. The Morgan fingerprint density at radius 3 is 2.42 bits per heavy atom. The third-order valence-electron chi connectivity index (χ3n) is 2.99. The van der Waals surface area contributed by atoms with Gasteiger partial charge in [-0.05, 0) is 55.7 Å². The van der Waals surface area contributed by atoms with Gasteiger partial charge in [0.05, 0.1) is 0 Å². The van der Waals surface area contributed by atoms with Crippen LogP contribution in [-0.2, 0) is 6.42 Å². The molecule has 2 nitrogen and oxygen atoms in total. The van der Waals surface area contributed by atoms with Crippen LogP contribution in [0.4, 0.5) is 0 Å². The van der Waals surface area contributed by atoms with E-state index >= 15 is 0 Å². The van der Waals surface area contributed by atoms with Gasteiger partial charge in [-0.1, -0.05) is 33.6 Å². The second kappa shape index (κ2) is 6.04. The minimum Gasteiger partial charge on any atom is -0.324 e. The molecule has 0 bridgehead atoms. The lowest BCUT2D eigenvalue weighted by atomic mass is 9.99. The molecule has 1 heterocycles. The highest BCUT2D eigenvalue weighted by molar-refractivity contribution is 9.10. The van der Waals surface area contributed by atoms with Crippen LogP contribution in [0.5, 0.6) is 0 Å². The first-order valence-electron chi connectivity index (χ1n) is 6.10. The van der Waals surface area contributed by atoms with Crippen molar-refractivity contribution in [2.24, 2.45) is 5.73 Å². The molecule has 2 aromatic rings. The fraction of sp³-hybridized carbons (Fsp3) is 0.267. The van der Waals surface area contributed by atoms with Crippen molar-refractivity contribution in [3.63, 3.8) is 0 Å². The Morgan fingerprint density at radius 1 is 1.21 bits per heavy atom. The van der Waals surface area contributed by atoms with Crippen LogP contribution >= 0.6 is 27.5 Å². The SMILES string of the molecule is Cc1cc(C(N)Cc2ccc(Br)cc2Cl)cc(C)n1. The van der Waals surface area contributed by atoms with Gasteiger partial charge >= 0.3 is 0 Å². The zero-order valence-corrected chi connectivity index (χ0v) is 13.3. The maximum absolute atomic E-state index is 6.27. The number of pyridine rings is 1. The maximum atomic E-state index is 6.27. The van der Waals surface area contributed by atoms with Gasteiger partial charge in [0.25, 0.3) is 0 Å². The molecular formula is C15H16BrClN2. The smallest absolute Gasteiger partial charge is 0.0449 e. The van der Waals surface area contributed by atoms with Crippen molar-refractivity contribution in [2.45, 2.75) is 26.3 Å². The number of benzene rings is 1. The molecule has 0 amide bonds. The Balaban J connectivity index is 2.22. The van der Waals surface area contributed by atoms with Crippen LogP contribution in [0.25, 0.3) is 0 Å². The van der Waals surface area contributed by atoms with E-state index in [-0.39, 0.29) is 6.04 Å². The molecule has 0 aliphatic carbocycles. The van der Waals surface area contributed by atoms with Crippen LogP contribution in [0.2, 0.25) is 5.02 Å². The van der Waals surface area contributed by atoms with Crippen LogP contribution in [0, 0.1) is 13.8 Å². The van der Waals surface area contributed by atoms with E-state index in [9.17, 15) is 0 Å². The molecule has 0 radical (unpaired) electrons. The Hall–Kier alpha value is -0.900. The van der Waals surface area contributed by atoms with E-state index in [0.717, 1.165) is 38.4 Å². The molecule has 19 heavy (non-hydrogen) atoms. The summed E-state index contributed by atoms with van der Waals surface area (Å²) in [6.07, 6.45) is 0.717. The van der Waals surface area contributed by atoms with Gasteiger partial charge in [-0.15, -0.1) is 0 Å². The second-order valence-electron chi connectivity index (χ2n) is 4.73. The van der Waals surface area contributed by atoms with E-state index in [1.54, 1.807) is 0 Å². The summed E-state index contributed by atoms with van der Waals surface area (Å²) in [5.41, 5.74) is 10.4. The largest absolute Gasteiger partial charge is 0.324 e. The van der Waals surface area contributed by atoms with Crippen LogP contribution in [-0.4, -0.2) is 4.98 Å². The average Bonchev–Trinajstić information content (AvgIpc) is 2.31. The first-order valence-corrected chi connectivity index (χ1v) is 7.27. The predicted octanol–water partition coefficient (Wildman–Crippen LogP) is 4.36. The lowest BCUT2D eigenvalue weighted by Crippen LogP contribution is -2.14. The minimum absolute atomic E-state index is 0.0703. The molecule has 4 heteroatoms. The predicted molar refractivity (Wildman–Crippen MR) is 83.5 cm³/mol. The van der Waals surface area contributed by atoms with Crippen molar-refractivity contribution < 1.29 is 0 Å². The molecule has 0 saturated heterocycles. The molecule has 0 fully saturated rings. The highest BCUT2D eigenvalue weighted by Crippen LogP contribution is 2.25. The average molecular weight is 340 g/mol. The molecule has 1 unspecified atom stereocenters. The lowest BCUT2D eigenvalue weighted by Gasteiger charge is -2.14. The fourth-order valence-corrected chi connectivity index (χ4v) is 2.87.